The van der Waals surface area contributed by atoms with E-state index in [4.69, 9.17) is 9.15 Å². The van der Waals surface area contributed by atoms with Crippen LogP contribution in [0.2, 0.25) is 0 Å². The second-order valence-corrected chi connectivity index (χ2v) is 5.75. The third-order valence-electron chi connectivity index (χ3n) is 3.83. The number of nitrogens with zero attached hydrogens (tertiary/aromatic N) is 1. The van der Waals surface area contributed by atoms with Crippen molar-refractivity contribution >= 4 is 0 Å². The molecule has 0 bridgehead atoms. The van der Waals surface area contributed by atoms with Crippen molar-refractivity contribution in [1.29, 1.82) is 0 Å². The van der Waals surface area contributed by atoms with Crippen molar-refractivity contribution in [2.24, 2.45) is 0 Å². The summed E-state index contributed by atoms with van der Waals surface area (Å²) in [5, 5.41) is 3.40. The molecule has 1 aliphatic heterocycles. The van der Waals surface area contributed by atoms with Crippen molar-refractivity contribution < 1.29 is 9.15 Å². The van der Waals surface area contributed by atoms with Gasteiger partial charge in [0.2, 0.25) is 0 Å². The van der Waals surface area contributed by atoms with E-state index in [1.165, 1.54) is 5.56 Å². The average molecular weight is 266 g/mol. The number of ether oxygens (including phenoxy) is 1. The molecule has 1 aromatic rings. The molecule has 19 heavy (non-hydrogen) atoms. The molecular weight excluding hydrogens is 240 g/mol. The van der Waals surface area contributed by atoms with Crippen molar-refractivity contribution in [3.63, 3.8) is 0 Å². The lowest BCUT2D eigenvalue weighted by molar-refractivity contribution is 0.0812. The van der Waals surface area contributed by atoms with E-state index in [0.29, 0.717) is 18.2 Å². The summed E-state index contributed by atoms with van der Waals surface area (Å²) in [4.78, 5) is 2.38. The molecule has 2 unspecified atom stereocenters. The minimum Gasteiger partial charge on any atom is -0.468 e. The van der Waals surface area contributed by atoms with E-state index in [0.717, 1.165) is 31.9 Å². The predicted octanol–water partition coefficient (Wildman–Crippen LogP) is 2.39. The molecule has 2 atom stereocenters. The van der Waals surface area contributed by atoms with Crippen LogP contribution >= 0.6 is 0 Å². The van der Waals surface area contributed by atoms with Gasteiger partial charge in [-0.2, -0.15) is 0 Å². The summed E-state index contributed by atoms with van der Waals surface area (Å²) in [6.07, 6.45) is 3.23. The van der Waals surface area contributed by atoms with E-state index in [2.05, 4.69) is 44.1 Å². The predicted molar refractivity (Wildman–Crippen MR) is 76.0 cm³/mol. The largest absolute Gasteiger partial charge is 0.468 e. The quantitative estimate of drug-likeness (QED) is 0.858. The molecule has 108 valence electrons. The van der Waals surface area contributed by atoms with Gasteiger partial charge in [-0.15, -0.1) is 0 Å². The fourth-order valence-electron chi connectivity index (χ4n) is 2.64. The van der Waals surface area contributed by atoms with Crippen molar-refractivity contribution in [3.05, 3.63) is 23.7 Å². The molecule has 0 saturated carbocycles. The highest BCUT2D eigenvalue weighted by Gasteiger charge is 2.28. The number of hydrogen-bond acceptors (Lipinski definition) is 4. The molecule has 4 heteroatoms. The second kappa shape index (κ2) is 6.55. The van der Waals surface area contributed by atoms with Gasteiger partial charge >= 0.3 is 0 Å². The molecule has 1 fully saturated rings. The zero-order chi connectivity index (χ0) is 13.8. The van der Waals surface area contributed by atoms with E-state index in [1.807, 2.05) is 0 Å². The van der Waals surface area contributed by atoms with Gasteiger partial charge < -0.3 is 14.5 Å². The second-order valence-electron chi connectivity index (χ2n) is 5.75. The number of rotatable bonds is 6. The smallest absolute Gasteiger partial charge is 0.122 e. The Hall–Kier alpha value is -0.840. The monoisotopic (exact) mass is 266 g/mol. The normalized spacial score (nSPS) is 23.7. The molecule has 1 saturated heterocycles. The van der Waals surface area contributed by atoms with Gasteiger partial charge in [0.15, 0.2) is 0 Å². The minimum atomic E-state index is 0.328. The average Bonchev–Trinajstić information content (AvgIpc) is 2.95. The Morgan fingerprint density at radius 1 is 1.47 bits per heavy atom. The first-order valence-corrected chi connectivity index (χ1v) is 7.18. The van der Waals surface area contributed by atoms with Crippen LogP contribution in [0.15, 0.2) is 16.7 Å². The van der Waals surface area contributed by atoms with Gasteiger partial charge in [-0.25, -0.2) is 0 Å². The lowest BCUT2D eigenvalue weighted by Crippen LogP contribution is -2.36. The van der Waals surface area contributed by atoms with Crippen molar-refractivity contribution in [2.45, 2.75) is 58.5 Å². The van der Waals surface area contributed by atoms with E-state index < -0.39 is 0 Å². The van der Waals surface area contributed by atoms with Crippen LogP contribution in [0.25, 0.3) is 0 Å². The van der Waals surface area contributed by atoms with Crippen LogP contribution in [0.3, 0.4) is 0 Å². The van der Waals surface area contributed by atoms with Gasteiger partial charge in [0.05, 0.1) is 18.9 Å². The zero-order valence-electron chi connectivity index (χ0n) is 12.5. The fraction of sp³-hybridized carbons (Fsp3) is 0.733. The van der Waals surface area contributed by atoms with Crippen LogP contribution in [0.4, 0.5) is 0 Å². The first-order valence-electron chi connectivity index (χ1n) is 7.18. The van der Waals surface area contributed by atoms with Gasteiger partial charge in [-0.05, 0) is 26.5 Å². The van der Waals surface area contributed by atoms with Crippen LogP contribution in [0.1, 0.15) is 38.5 Å². The molecule has 1 aromatic heterocycles. The van der Waals surface area contributed by atoms with Gasteiger partial charge in [0.25, 0.3) is 0 Å². The van der Waals surface area contributed by atoms with Gasteiger partial charge in [0, 0.05) is 30.8 Å². The summed E-state index contributed by atoms with van der Waals surface area (Å²) in [5.41, 5.74) is 1.27. The summed E-state index contributed by atoms with van der Waals surface area (Å²) >= 11 is 0. The molecular formula is C15H26N2O2. The van der Waals surface area contributed by atoms with Crippen LogP contribution in [0.5, 0.6) is 0 Å². The molecule has 0 radical (unpaired) electrons. The Morgan fingerprint density at radius 2 is 2.26 bits per heavy atom. The van der Waals surface area contributed by atoms with Gasteiger partial charge in [-0.1, -0.05) is 13.8 Å². The minimum absolute atomic E-state index is 0.328. The molecule has 0 amide bonds. The molecule has 2 rings (SSSR count). The molecule has 2 heterocycles. The Morgan fingerprint density at radius 3 is 2.89 bits per heavy atom. The Balaban J connectivity index is 1.93. The summed E-state index contributed by atoms with van der Waals surface area (Å²) in [6.45, 7) is 9.04. The van der Waals surface area contributed by atoms with E-state index in [-0.39, 0.29) is 0 Å². The maximum Gasteiger partial charge on any atom is 0.122 e. The number of furan rings is 1. The lowest BCUT2D eigenvalue weighted by atomic mass is 10.1. The van der Waals surface area contributed by atoms with Crippen LogP contribution in [-0.4, -0.2) is 36.7 Å². The van der Waals surface area contributed by atoms with Crippen molar-refractivity contribution in [1.82, 2.24) is 10.2 Å². The Kier molecular flexibility index (Phi) is 5.02. The van der Waals surface area contributed by atoms with Crippen molar-refractivity contribution in [2.75, 3.05) is 13.7 Å². The standard InChI is InChI=1S/C15H26N2O2/c1-11(2)16-9-15-13(5-7-19-15)10-17(4)14-6-8-18-12(14)3/h5,7,11-12,14,16H,6,8-10H2,1-4H3. The van der Waals surface area contributed by atoms with Crippen molar-refractivity contribution in [3.8, 4) is 0 Å². The Bertz CT molecular complexity index is 389. The summed E-state index contributed by atoms with van der Waals surface area (Å²) in [7, 11) is 2.17. The van der Waals surface area contributed by atoms with Gasteiger partial charge in [-0.3, -0.25) is 4.90 Å². The third kappa shape index (κ3) is 3.81. The zero-order valence-corrected chi connectivity index (χ0v) is 12.5. The summed E-state index contributed by atoms with van der Waals surface area (Å²) in [6, 6.07) is 3.06. The topological polar surface area (TPSA) is 37.6 Å². The number of hydrogen-bond donors (Lipinski definition) is 1. The fourth-order valence-corrected chi connectivity index (χ4v) is 2.64. The van der Waals surface area contributed by atoms with Crippen LogP contribution in [-0.2, 0) is 17.8 Å². The Labute approximate surface area is 116 Å². The van der Waals surface area contributed by atoms with E-state index in [1.54, 1.807) is 6.26 Å². The molecule has 4 nitrogen and oxygen atoms in total. The van der Waals surface area contributed by atoms with Gasteiger partial charge in [0.1, 0.15) is 5.76 Å². The number of nitrogens with one attached hydrogen (secondary N) is 1. The molecule has 1 aliphatic rings. The highest BCUT2D eigenvalue weighted by molar-refractivity contribution is 5.17. The lowest BCUT2D eigenvalue weighted by Gasteiger charge is -2.26. The third-order valence-corrected chi connectivity index (χ3v) is 3.83. The summed E-state index contributed by atoms with van der Waals surface area (Å²) < 4.78 is 11.2. The maximum absolute atomic E-state index is 5.64. The maximum atomic E-state index is 5.64. The first-order chi connectivity index (χ1) is 9.08. The highest BCUT2D eigenvalue weighted by Crippen LogP contribution is 2.21. The van der Waals surface area contributed by atoms with Crippen LogP contribution < -0.4 is 5.32 Å². The van der Waals surface area contributed by atoms with Crippen LogP contribution in [0, 0.1) is 0 Å². The molecule has 0 aliphatic carbocycles. The molecule has 0 aromatic carbocycles. The molecule has 0 spiro atoms. The summed E-state index contributed by atoms with van der Waals surface area (Å²) in [5.74, 6) is 1.05. The number of likely N-dealkylation sites (N-methyl/N-ethyl adjacent to an activating group) is 1. The highest BCUT2D eigenvalue weighted by atomic mass is 16.5. The van der Waals surface area contributed by atoms with E-state index >= 15 is 0 Å². The van der Waals surface area contributed by atoms with E-state index in [9.17, 15) is 0 Å². The molecule has 1 N–H and O–H groups in total. The SMILES string of the molecule is CC(C)NCc1occc1CN(C)C1CCOC1C. The first kappa shape index (κ1) is 14.6.